The van der Waals surface area contributed by atoms with Gasteiger partial charge in [0.2, 0.25) is 0 Å². The Bertz CT molecular complexity index is 1190. The second-order valence-electron chi connectivity index (χ2n) is 10.1. The van der Waals surface area contributed by atoms with Crippen molar-refractivity contribution in [3.63, 3.8) is 0 Å². The summed E-state index contributed by atoms with van der Waals surface area (Å²) in [5.41, 5.74) is 3.19. The molecule has 1 fully saturated rings. The predicted molar refractivity (Wildman–Crippen MR) is 145 cm³/mol. The number of nitrogens with zero attached hydrogens (tertiary/aromatic N) is 2. The number of aliphatic hydroxyl groups excluding tert-OH is 1. The average molecular weight is 504 g/mol. The molecule has 7 nitrogen and oxygen atoms in total. The summed E-state index contributed by atoms with van der Waals surface area (Å²) in [6.45, 7) is 3.43. The van der Waals surface area contributed by atoms with E-state index in [-0.39, 0.29) is 6.04 Å². The molecule has 3 heterocycles. The lowest BCUT2D eigenvalue weighted by Crippen LogP contribution is -2.44. The van der Waals surface area contributed by atoms with Crippen molar-refractivity contribution >= 4 is 10.9 Å². The van der Waals surface area contributed by atoms with E-state index < -0.39 is 6.10 Å². The van der Waals surface area contributed by atoms with Crippen molar-refractivity contribution in [2.75, 3.05) is 33.3 Å². The first-order valence-electron chi connectivity index (χ1n) is 13.3. The van der Waals surface area contributed by atoms with Gasteiger partial charge in [-0.1, -0.05) is 35.9 Å². The topological polar surface area (TPSA) is 76.1 Å². The lowest BCUT2D eigenvalue weighted by Gasteiger charge is -2.35. The number of nitrogens with one attached hydrogen (secondary N) is 1. The Labute approximate surface area is 219 Å². The van der Waals surface area contributed by atoms with Crippen LogP contribution in [-0.2, 0) is 9.47 Å². The molecule has 196 valence electrons. The summed E-state index contributed by atoms with van der Waals surface area (Å²) in [5.74, 6) is 2.02. The second kappa shape index (κ2) is 12.4. The van der Waals surface area contributed by atoms with Crippen molar-refractivity contribution < 1.29 is 19.3 Å². The zero-order chi connectivity index (χ0) is 25.5. The number of hydrogen-bond acceptors (Lipinski definition) is 7. The van der Waals surface area contributed by atoms with Gasteiger partial charge in [0.1, 0.15) is 24.5 Å². The molecule has 0 radical (unpaired) electrons. The summed E-state index contributed by atoms with van der Waals surface area (Å²) >= 11 is 0. The molecule has 3 unspecified atom stereocenters. The minimum Gasteiger partial charge on any atom is -0.495 e. The Kier molecular flexibility index (Phi) is 8.56. The molecule has 1 aromatic carbocycles. The molecule has 1 aromatic heterocycles. The fourth-order valence-electron chi connectivity index (χ4n) is 5.49. The van der Waals surface area contributed by atoms with Gasteiger partial charge in [0.25, 0.3) is 0 Å². The molecule has 2 aromatic rings. The quantitative estimate of drug-likeness (QED) is 0.474. The third kappa shape index (κ3) is 6.60. The molecule has 0 saturated carbocycles. The van der Waals surface area contributed by atoms with Gasteiger partial charge >= 0.3 is 0 Å². The molecule has 37 heavy (non-hydrogen) atoms. The summed E-state index contributed by atoms with van der Waals surface area (Å²) in [7, 11) is 1.64. The molecule has 7 heteroatoms. The normalized spacial score (nSPS) is 21.5. The minimum absolute atomic E-state index is 0.0711. The van der Waals surface area contributed by atoms with Crippen molar-refractivity contribution in [3.8, 4) is 5.75 Å². The number of piperidine rings is 1. The first-order valence-corrected chi connectivity index (χ1v) is 13.3. The van der Waals surface area contributed by atoms with Crippen molar-refractivity contribution in [1.29, 1.82) is 0 Å². The molecule has 1 saturated heterocycles. The van der Waals surface area contributed by atoms with Crippen molar-refractivity contribution in [2.45, 2.75) is 44.2 Å². The molecule has 2 aliphatic heterocycles. The molecule has 3 atom stereocenters. The second-order valence-corrected chi connectivity index (χ2v) is 10.1. The number of β-amino-alcohol motifs (C(OH)–C–C–N with tert-alkyl or cyclic N) is 1. The Morgan fingerprint density at radius 2 is 2.24 bits per heavy atom. The number of allylic oxidation sites excluding steroid dienone is 3. The van der Waals surface area contributed by atoms with Crippen LogP contribution in [-0.4, -0.2) is 54.3 Å². The third-order valence-electron chi connectivity index (χ3n) is 7.45. The maximum atomic E-state index is 11.2. The van der Waals surface area contributed by atoms with Crippen LogP contribution in [0.1, 0.15) is 43.8 Å². The Morgan fingerprint density at radius 1 is 1.30 bits per heavy atom. The molecule has 0 bridgehead atoms. The summed E-state index contributed by atoms with van der Waals surface area (Å²) in [5, 5.41) is 15.9. The number of fused-ring (bicyclic) bond motifs is 1. The highest BCUT2D eigenvalue weighted by molar-refractivity contribution is 5.83. The Hall–Kier alpha value is -3.13. The van der Waals surface area contributed by atoms with Crippen LogP contribution in [0.25, 0.3) is 10.9 Å². The summed E-state index contributed by atoms with van der Waals surface area (Å²) in [4.78, 5) is 6.87. The van der Waals surface area contributed by atoms with Gasteiger partial charge in [-0.2, -0.15) is 0 Å². The number of ether oxygens (including phenoxy) is 3. The van der Waals surface area contributed by atoms with Crippen LogP contribution in [0.4, 0.5) is 0 Å². The largest absolute Gasteiger partial charge is 0.495 e. The van der Waals surface area contributed by atoms with Crippen molar-refractivity contribution in [3.05, 3.63) is 84.4 Å². The number of aromatic nitrogens is 1. The van der Waals surface area contributed by atoms with Gasteiger partial charge in [-0.15, -0.1) is 0 Å². The molecule has 5 rings (SSSR count). The average Bonchev–Trinajstić information content (AvgIpc) is 2.95. The van der Waals surface area contributed by atoms with Crippen LogP contribution in [0.2, 0.25) is 0 Å². The molecular formula is C30H37N3O4. The van der Waals surface area contributed by atoms with E-state index in [1.807, 2.05) is 24.3 Å². The van der Waals surface area contributed by atoms with Crippen LogP contribution >= 0.6 is 0 Å². The maximum Gasteiger partial charge on any atom is 0.155 e. The number of rotatable bonds is 10. The zero-order valence-corrected chi connectivity index (χ0v) is 21.5. The van der Waals surface area contributed by atoms with Crippen molar-refractivity contribution in [1.82, 2.24) is 15.2 Å². The van der Waals surface area contributed by atoms with E-state index in [0.717, 1.165) is 67.5 Å². The Balaban J connectivity index is 1.20. The van der Waals surface area contributed by atoms with E-state index in [1.165, 1.54) is 12.0 Å². The Morgan fingerprint density at radius 3 is 3.05 bits per heavy atom. The maximum absolute atomic E-state index is 11.2. The van der Waals surface area contributed by atoms with Gasteiger partial charge in [0.05, 0.1) is 31.0 Å². The number of aliphatic hydroxyl groups is 1. The highest BCUT2D eigenvalue weighted by atomic mass is 16.5. The van der Waals surface area contributed by atoms with E-state index >= 15 is 0 Å². The van der Waals surface area contributed by atoms with E-state index in [2.05, 4.69) is 33.4 Å². The highest BCUT2D eigenvalue weighted by Crippen LogP contribution is 2.28. The smallest absolute Gasteiger partial charge is 0.155 e. The number of methoxy groups -OCH3 is 1. The van der Waals surface area contributed by atoms with Crippen LogP contribution in [0.5, 0.6) is 5.75 Å². The minimum atomic E-state index is -0.590. The lowest BCUT2D eigenvalue weighted by molar-refractivity contribution is 0.0840. The zero-order valence-electron chi connectivity index (χ0n) is 21.5. The van der Waals surface area contributed by atoms with E-state index in [1.54, 1.807) is 32.1 Å². The van der Waals surface area contributed by atoms with Gasteiger partial charge in [0, 0.05) is 18.5 Å². The summed E-state index contributed by atoms with van der Waals surface area (Å²) in [6.07, 6.45) is 17.9. The standard InChI is InChI=1S/C30H37N3O4/c1-35-24-16-26-25(10-5-11-27(26)32-18-24)29(34)20-33-12-6-9-23(19-33)17-31-28(30-21-36-13-14-37-30)15-22-7-3-2-4-8-22/h2-3,5,7,10-11,13-14,16,18,21,23,28-29,31,34H,4,6,8-9,12,15,17,19-20H2,1H3. The summed E-state index contributed by atoms with van der Waals surface area (Å²) < 4.78 is 16.6. The molecular weight excluding hydrogens is 466 g/mol. The van der Waals surface area contributed by atoms with E-state index in [4.69, 9.17) is 14.2 Å². The van der Waals surface area contributed by atoms with Crippen LogP contribution in [0.15, 0.2) is 78.8 Å². The number of pyridine rings is 1. The van der Waals surface area contributed by atoms with Crippen LogP contribution < -0.4 is 10.1 Å². The number of likely N-dealkylation sites (tertiary alicyclic amines) is 1. The van der Waals surface area contributed by atoms with E-state index in [0.29, 0.717) is 18.2 Å². The monoisotopic (exact) mass is 503 g/mol. The van der Waals surface area contributed by atoms with E-state index in [9.17, 15) is 5.11 Å². The lowest BCUT2D eigenvalue weighted by atomic mass is 9.94. The van der Waals surface area contributed by atoms with Crippen LogP contribution in [0, 0.1) is 5.92 Å². The number of hydrogen-bond donors (Lipinski definition) is 2. The number of benzene rings is 1. The molecule has 2 N–H and O–H groups in total. The molecule has 0 spiro atoms. The molecule has 0 amide bonds. The third-order valence-corrected chi connectivity index (χ3v) is 7.45. The first-order chi connectivity index (χ1) is 18.2. The van der Waals surface area contributed by atoms with Crippen molar-refractivity contribution in [2.24, 2.45) is 5.92 Å². The molecule has 1 aliphatic carbocycles. The summed E-state index contributed by atoms with van der Waals surface area (Å²) in [6, 6.07) is 7.95. The fourth-order valence-corrected chi connectivity index (χ4v) is 5.49. The SMILES string of the molecule is COc1cnc2cccc(C(O)CN3CCCC(CNC(CC4=CC=CCC4)C4=COC=CO4)C3)c2c1. The van der Waals surface area contributed by atoms with Crippen LogP contribution in [0.3, 0.4) is 0 Å². The molecule has 3 aliphatic rings. The first kappa shape index (κ1) is 25.5. The fraction of sp³-hybridized carbons (Fsp3) is 0.433. The highest BCUT2D eigenvalue weighted by Gasteiger charge is 2.26. The predicted octanol–water partition coefficient (Wildman–Crippen LogP) is 4.97. The van der Waals surface area contributed by atoms with Gasteiger partial charge < -0.3 is 29.5 Å². The van der Waals surface area contributed by atoms with Gasteiger partial charge in [-0.3, -0.25) is 4.98 Å². The van der Waals surface area contributed by atoms with Gasteiger partial charge in [-0.25, -0.2) is 0 Å². The van der Waals surface area contributed by atoms with Gasteiger partial charge in [-0.05, 0) is 68.8 Å². The van der Waals surface area contributed by atoms with Gasteiger partial charge in [0.15, 0.2) is 5.76 Å².